The van der Waals surface area contributed by atoms with Gasteiger partial charge in [-0.15, -0.1) is 0 Å². The zero-order valence-corrected chi connectivity index (χ0v) is 9.70. The topological polar surface area (TPSA) is 51.2 Å². The van der Waals surface area contributed by atoms with E-state index in [1.54, 1.807) is 12.1 Å². The third kappa shape index (κ3) is 2.51. The summed E-state index contributed by atoms with van der Waals surface area (Å²) < 4.78 is 5.37. The predicted molar refractivity (Wildman–Crippen MR) is 60.5 cm³/mol. The Hall–Kier alpha value is -1.13. The van der Waals surface area contributed by atoms with E-state index in [1.165, 1.54) is 6.20 Å². The van der Waals surface area contributed by atoms with Crippen LogP contribution in [0.25, 0.3) is 0 Å². The van der Waals surface area contributed by atoms with Crippen LogP contribution < -0.4 is 5.32 Å². The number of pyridine rings is 1. The summed E-state index contributed by atoms with van der Waals surface area (Å²) >= 11 is 5.65. The average molecular weight is 241 g/mol. The Morgan fingerprint density at radius 3 is 3.00 bits per heavy atom. The largest absolute Gasteiger partial charge is 0.376 e. The molecule has 86 valence electrons. The lowest BCUT2D eigenvalue weighted by atomic mass is 10.1. The van der Waals surface area contributed by atoms with Crippen molar-refractivity contribution < 1.29 is 9.53 Å². The van der Waals surface area contributed by atoms with Crippen molar-refractivity contribution in [2.45, 2.75) is 25.5 Å². The first-order chi connectivity index (χ1) is 7.66. The number of halogens is 1. The molecule has 5 heteroatoms. The van der Waals surface area contributed by atoms with Crippen LogP contribution in [0.4, 0.5) is 0 Å². The zero-order chi connectivity index (χ0) is 11.5. The standard InChI is InChI=1S/C11H13ClN2O2/c1-7-9(4-5-16-7)14-11(15)8-2-3-10(12)13-6-8/h2-3,6-7,9H,4-5H2,1H3,(H,14,15). The van der Waals surface area contributed by atoms with Crippen LogP contribution in [-0.2, 0) is 4.74 Å². The van der Waals surface area contributed by atoms with Crippen LogP contribution in [0.15, 0.2) is 18.3 Å². The fraction of sp³-hybridized carbons (Fsp3) is 0.455. The van der Waals surface area contributed by atoms with E-state index >= 15 is 0 Å². The molecule has 2 rings (SSSR count). The Balaban J connectivity index is 2.00. The van der Waals surface area contributed by atoms with Gasteiger partial charge in [-0.2, -0.15) is 0 Å². The maximum absolute atomic E-state index is 11.8. The van der Waals surface area contributed by atoms with Crippen LogP contribution in [-0.4, -0.2) is 29.6 Å². The molecule has 2 unspecified atom stereocenters. The molecule has 0 aromatic carbocycles. The van der Waals surface area contributed by atoms with E-state index in [-0.39, 0.29) is 18.1 Å². The number of nitrogens with one attached hydrogen (secondary N) is 1. The molecule has 2 atom stereocenters. The van der Waals surface area contributed by atoms with Crippen LogP contribution >= 0.6 is 11.6 Å². The van der Waals surface area contributed by atoms with Gasteiger partial charge in [0.15, 0.2) is 0 Å². The monoisotopic (exact) mass is 240 g/mol. The summed E-state index contributed by atoms with van der Waals surface area (Å²) in [7, 11) is 0. The predicted octanol–water partition coefficient (Wildman–Crippen LogP) is 1.64. The lowest BCUT2D eigenvalue weighted by Crippen LogP contribution is -2.39. The highest BCUT2D eigenvalue weighted by Gasteiger charge is 2.25. The van der Waals surface area contributed by atoms with Gasteiger partial charge in [-0.25, -0.2) is 4.98 Å². The van der Waals surface area contributed by atoms with E-state index in [1.807, 2.05) is 6.92 Å². The molecule has 16 heavy (non-hydrogen) atoms. The van der Waals surface area contributed by atoms with Crippen molar-refractivity contribution in [3.8, 4) is 0 Å². The summed E-state index contributed by atoms with van der Waals surface area (Å²) in [6, 6.07) is 3.35. The van der Waals surface area contributed by atoms with E-state index in [4.69, 9.17) is 16.3 Å². The molecule has 2 heterocycles. The molecule has 1 aromatic rings. The van der Waals surface area contributed by atoms with Crippen LogP contribution in [0.1, 0.15) is 23.7 Å². The Bertz CT molecular complexity index is 380. The van der Waals surface area contributed by atoms with Gasteiger partial charge in [-0.3, -0.25) is 4.79 Å². The minimum absolute atomic E-state index is 0.0733. The highest BCUT2D eigenvalue weighted by molar-refractivity contribution is 6.29. The summed E-state index contributed by atoms with van der Waals surface area (Å²) in [4.78, 5) is 15.7. The fourth-order valence-electron chi connectivity index (χ4n) is 1.68. The van der Waals surface area contributed by atoms with Gasteiger partial charge in [0.1, 0.15) is 5.15 Å². The zero-order valence-electron chi connectivity index (χ0n) is 8.94. The molecule has 1 saturated heterocycles. The number of ether oxygens (including phenoxy) is 1. The van der Waals surface area contributed by atoms with Gasteiger partial charge in [-0.1, -0.05) is 11.6 Å². The van der Waals surface area contributed by atoms with E-state index in [0.717, 1.165) is 6.42 Å². The average Bonchev–Trinajstić information content (AvgIpc) is 2.65. The first-order valence-corrected chi connectivity index (χ1v) is 5.58. The van der Waals surface area contributed by atoms with Gasteiger partial charge in [0, 0.05) is 12.8 Å². The molecule has 0 radical (unpaired) electrons. The van der Waals surface area contributed by atoms with E-state index in [9.17, 15) is 4.79 Å². The summed E-state index contributed by atoms with van der Waals surface area (Å²) in [6.45, 7) is 2.66. The van der Waals surface area contributed by atoms with Gasteiger partial charge in [0.05, 0.1) is 17.7 Å². The normalized spacial score (nSPS) is 24.4. The lowest BCUT2D eigenvalue weighted by molar-refractivity contribution is 0.0866. The van der Waals surface area contributed by atoms with Crippen molar-refractivity contribution >= 4 is 17.5 Å². The number of carbonyl (C=O) groups is 1. The second-order valence-corrected chi connectivity index (χ2v) is 4.20. The highest BCUT2D eigenvalue weighted by Crippen LogP contribution is 2.13. The van der Waals surface area contributed by atoms with Crippen molar-refractivity contribution in [2.24, 2.45) is 0 Å². The Morgan fingerprint density at radius 1 is 1.62 bits per heavy atom. The molecule has 1 aliphatic heterocycles. The first-order valence-electron chi connectivity index (χ1n) is 5.21. The Morgan fingerprint density at radius 2 is 2.44 bits per heavy atom. The number of amides is 1. The highest BCUT2D eigenvalue weighted by atomic mass is 35.5. The van der Waals surface area contributed by atoms with Gasteiger partial charge in [0.25, 0.3) is 5.91 Å². The number of hydrogen-bond acceptors (Lipinski definition) is 3. The van der Waals surface area contributed by atoms with Crippen molar-refractivity contribution in [3.05, 3.63) is 29.0 Å². The SMILES string of the molecule is CC1OCCC1NC(=O)c1ccc(Cl)nc1. The molecule has 4 nitrogen and oxygen atoms in total. The number of nitrogens with zero attached hydrogens (tertiary/aromatic N) is 1. The summed E-state index contributed by atoms with van der Waals surface area (Å²) in [5.41, 5.74) is 0.517. The molecular weight excluding hydrogens is 228 g/mol. The molecule has 1 N–H and O–H groups in total. The lowest BCUT2D eigenvalue weighted by Gasteiger charge is -2.15. The fourth-order valence-corrected chi connectivity index (χ4v) is 1.79. The molecule has 0 bridgehead atoms. The van der Waals surface area contributed by atoms with Crippen molar-refractivity contribution in [1.29, 1.82) is 0 Å². The van der Waals surface area contributed by atoms with Gasteiger partial charge >= 0.3 is 0 Å². The van der Waals surface area contributed by atoms with E-state index in [0.29, 0.717) is 17.3 Å². The summed E-state index contributed by atoms with van der Waals surface area (Å²) in [5, 5.41) is 3.30. The first kappa shape index (κ1) is 11.4. The molecule has 1 aliphatic rings. The second kappa shape index (κ2) is 4.80. The van der Waals surface area contributed by atoms with Gasteiger partial charge < -0.3 is 10.1 Å². The Labute approximate surface area is 99.0 Å². The molecule has 1 amide bonds. The second-order valence-electron chi connectivity index (χ2n) is 3.81. The van der Waals surface area contributed by atoms with Crippen LogP contribution in [0, 0.1) is 0 Å². The smallest absolute Gasteiger partial charge is 0.253 e. The van der Waals surface area contributed by atoms with Crippen molar-refractivity contribution in [3.63, 3.8) is 0 Å². The van der Waals surface area contributed by atoms with Gasteiger partial charge in [0.2, 0.25) is 0 Å². The molecule has 0 saturated carbocycles. The third-order valence-corrected chi connectivity index (χ3v) is 2.91. The van der Waals surface area contributed by atoms with Gasteiger partial charge in [-0.05, 0) is 25.5 Å². The van der Waals surface area contributed by atoms with E-state index in [2.05, 4.69) is 10.3 Å². The van der Waals surface area contributed by atoms with Crippen LogP contribution in [0.2, 0.25) is 5.15 Å². The Kier molecular flexibility index (Phi) is 3.41. The molecule has 1 aromatic heterocycles. The molecular formula is C11H13ClN2O2. The maximum atomic E-state index is 11.8. The number of hydrogen-bond donors (Lipinski definition) is 1. The summed E-state index contributed by atoms with van der Waals surface area (Å²) in [6.07, 6.45) is 2.40. The molecule has 0 aliphatic carbocycles. The number of rotatable bonds is 2. The maximum Gasteiger partial charge on any atom is 0.253 e. The third-order valence-electron chi connectivity index (χ3n) is 2.68. The van der Waals surface area contributed by atoms with Crippen molar-refractivity contribution in [2.75, 3.05) is 6.61 Å². The van der Waals surface area contributed by atoms with Crippen LogP contribution in [0.5, 0.6) is 0 Å². The van der Waals surface area contributed by atoms with Crippen molar-refractivity contribution in [1.82, 2.24) is 10.3 Å². The number of aromatic nitrogens is 1. The minimum Gasteiger partial charge on any atom is -0.376 e. The quantitative estimate of drug-likeness (QED) is 0.800. The molecule has 0 spiro atoms. The van der Waals surface area contributed by atoms with Crippen LogP contribution in [0.3, 0.4) is 0 Å². The summed E-state index contributed by atoms with van der Waals surface area (Å²) in [5.74, 6) is -0.133. The minimum atomic E-state index is -0.133. The van der Waals surface area contributed by atoms with E-state index < -0.39 is 0 Å². The number of carbonyl (C=O) groups excluding carboxylic acids is 1. The molecule has 1 fully saturated rings.